The number of nitrogen functional groups attached to an aromatic ring is 1. The number of benzene rings is 1. The van der Waals surface area contributed by atoms with E-state index in [4.69, 9.17) is 22.4 Å². The molecule has 1 aromatic carbocycles. The van der Waals surface area contributed by atoms with Crippen molar-refractivity contribution in [2.45, 2.75) is 24.9 Å². The van der Waals surface area contributed by atoms with Gasteiger partial charge in [0.15, 0.2) is 0 Å². The Hall–Kier alpha value is -3.63. The van der Waals surface area contributed by atoms with Crippen LogP contribution in [0.5, 0.6) is 0 Å². The van der Waals surface area contributed by atoms with Gasteiger partial charge in [-0.1, -0.05) is 35.9 Å². The van der Waals surface area contributed by atoms with E-state index >= 15 is 0 Å². The Morgan fingerprint density at radius 3 is 2.44 bits per heavy atom. The Labute approximate surface area is 200 Å². The SMILES string of the molecule is Nc1ncc(-c2ccc(-c3cnn(CCO)c3)cc2)c(N2CCC3(CC2)NC(=O)NC3=O)c1Cl. The first-order valence-electron chi connectivity index (χ1n) is 11.0. The Kier molecular flexibility index (Phi) is 5.62. The van der Waals surface area contributed by atoms with Gasteiger partial charge in [0.25, 0.3) is 5.91 Å². The minimum Gasteiger partial charge on any atom is -0.394 e. The molecule has 10 nitrogen and oxygen atoms in total. The number of nitrogens with two attached hydrogens (primary N) is 1. The summed E-state index contributed by atoms with van der Waals surface area (Å²) in [5, 5.41) is 18.8. The number of aliphatic hydroxyl groups is 1. The van der Waals surface area contributed by atoms with E-state index in [-0.39, 0.29) is 18.3 Å². The van der Waals surface area contributed by atoms with E-state index < -0.39 is 11.6 Å². The first-order valence-corrected chi connectivity index (χ1v) is 11.3. The molecule has 11 heteroatoms. The van der Waals surface area contributed by atoms with Crippen molar-refractivity contribution in [3.63, 3.8) is 0 Å². The van der Waals surface area contributed by atoms with Gasteiger partial charge in [-0.2, -0.15) is 5.10 Å². The zero-order valence-electron chi connectivity index (χ0n) is 18.3. The van der Waals surface area contributed by atoms with Crippen LogP contribution in [-0.2, 0) is 11.3 Å². The molecule has 2 aliphatic heterocycles. The molecule has 2 saturated heterocycles. The fourth-order valence-corrected chi connectivity index (χ4v) is 4.85. The maximum Gasteiger partial charge on any atom is 0.322 e. The number of nitrogens with one attached hydrogen (secondary N) is 2. The minimum atomic E-state index is -0.874. The van der Waals surface area contributed by atoms with Crippen LogP contribution in [0.3, 0.4) is 0 Å². The fourth-order valence-electron chi connectivity index (χ4n) is 4.58. The van der Waals surface area contributed by atoms with Crippen LogP contribution in [0.1, 0.15) is 12.8 Å². The van der Waals surface area contributed by atoms with Gasteiger partial charge in [0, 0.05) is 36.6 Å². The molecule has 0 radical (unpaired) electrons. The van der Waals surface area contributed by atoms with E-state index in [0.717, 1.165) is 27.9 Å². The van der Waals surface area contributed by atoms with Gasteiger partial charge in [0.2, 0.25) is 0 Å². The quantitative estimate of drug-likeness (QED) is 0.409. The summed E-state index contributed by atoms with van der Waals surface area (Å²) >= 11 is 6.63. The molecule has 1 spiro atoms. The molecule has 3 amide bonds. The van der Waals surface area contributed by atoms with Crippen LogP contribution in [0.25, 0.3) is 22.3 Å². The van der Waals surface area contributed by atoms with Crippen molar-refractivity contribution in [1.29, 1.82) is 0 Å². The van der Waals surface area contributed by atoms with E-state index in [0.29, 0.717) is 37.5 Å². The normalized spacial score (nSPS) is 17.2. The van der Waals surface area contributed by atoms with Crippen LogP contribution in [0.15, 0.2) is 42.9 Å². The van der Waals surface area contributed by atoms with Crippen LogP contribution in [-0.4, -0.2) is 57.0 Å². The van der Waals surface area contributed by atoms with Crippen molar-refractivity contribution < 1.29 is 14.7 Å². The number of urea groups is 1. The lowest BCUT2D eigenvalue weighted by Gasteiger charge is -2.39. The maximum atomic E-state index is 12.3. The van der Waals surface area contributed by atoms with Crippen molar-refractivity contribution in [2.75, 3.05) is 30.3 Å². The highest BCUT2D eigenvalue weighted by Gasteiger charge is 2.48. The molecule has 5 rings (SSSR count). The highest BCUT2D eigenvalue weighted by atomic mass is 35.5. The molecule has 0 bridgehead atoms. The second kappa shape index (κ2) is 8.62. The third kappa shape index (κ3) is 3.84. The van der Waals surface area contributed by atoms with Gasteiger partial charge in [-0.05, 0) is 24.0 Å². The lowest BCUT2D eigenvalue weighted by Crippen LogP contribution is -2.55. The van der Waals surface area contributed by atoms with Gasteiger partial charge in [-0.25, -0.2) is 9.78 Å². The third-order valence-electron chi connectivity index (χ3n) is 6.46. The van der Waals surface area contributed by atoms with E-state index in [2.05, 4.69) is 25.6 Å². The molecule has 0 atom stereocenters. The second-order valence-corrected chi connectivity index (χ2v) is 8.87. The number of imide groups is 1. The number of anilines is 2. The summed E-state index contributed by atoms with van der Waals surface area (Å²) < 4.78 is 1.70. The smallest absolute Gasteiger partial charge is 0.322 e. The standard InChI is InChI=1S/C23H24ClN7O3/c24-18-19(30-7-5-23(6-8-30)21(33)28-22(34)29-23)17(12-26-20(18)25)15-3-1-14(2-4-15)16-11-27-31(13-16)9-10-32/h1-4,11-13,32H,5-10H2,(H2,25,26)(H2,28,29,33,34). The first kappa shape index (κ1) is 22.2. The number of hydrogen-bond acceptors (Lipinski definition) is 7. The summed E-state index contributed by atoms with van der Waals surface area (Å²) in [6, 6.07) is 7.51. The monoisotopic (exact) mass is 481 g/mol. The molecule has 2 fully saturated rings. The number of halogens is 1. The van der Waals surface area contributed by atoms with E-state index in [1.807, 2.05) is 30.5 Å². The Balaban J connectivity index is 1.43. The van der Waals surface area contributed by atoms with Gasteiger partial charge < -0.3 is 21.1 Å². The summed E-state index contributed by atoms with van der Waals surface area (Å²) in [4.78, 5) is 30.3. The molecule has 0 unspecified atom stereocenters. The van der Waals surface area contributed by atoms with Crippen molar-refractivity contribution in [1.82, 2.24) is 25.4 Å². The largest absolute Gasteiger partial charge is 0.394 e. The molecule has 34 heavy (non-hydrogen) atoms. The molecule has 4 heterocycles. The average molecular weight is 482 g/mol. The maximum absolute atomic E-state index is 12.3. The van der Waals surface area contributed by atoms with Crippen molar-refractivity contribution in [3.8, 4) is 22.3 Å². The number of carbonyl (C=O) groups excluding carboxylic acids is 2. The van der Waals surface area contributed by atoms with Crippen LogP contribution in [0.4, 0.5) is 16.3 Å². The Bertz CT molecular complexity index is 1250. The van der Waals surface area contributed by atoms with Gasteiger partial charge in [0.1, 0.15) is 16.4 Å². The molecule has 0 saturated carbocycles. The van der Waals surface area contributed by atoms with E-state index in [9.17, 15) is 9.59 Å². The number of rotatable bonds is 5. The average Bonchev–Trinajstić information content (AvgIpc) is 3.40. The summed E-state index contributed by atoms with van der Waals surface area (Å²) in [7, 11) is 0. The number of pyridine rings is 1. The predicted molar refractivity (Wildman–Crippen MR) is 128 cm³/mol. The Morgan fingerprint density at radius 2 is 1.79 bits per heavy atom. The number of aliphatic hydroxyl groups excluding tert-OH is 1. The zero-order valence-corrected chi connectivity index (χ0v) is 19.0. The summed E-state index contributed by atoms with van der Waals surface area (Å²) in [5.41, 5.74) is 9.62. The van der Waals surface area contributed by atoms with Gasteiger partial charge in [0.05, 0.1) is 25.0 Å². The molecule has 0 aliphatic carbocycles. The van der Waals surface area contributed by atoms with Crippen molar-refractivity contribution >= 4 is 35.0 Å². The molecular formula is C23H24ClN7O3. The van der Waals surface area contributed by atoms with Crippen LogP contribution in [0, 0.1) is 0 Å². The van der Waals surface area contributed by atoms with Gasteiger partial charge >= 0.3 is 6.03 Å². The van der Waals surface area contributed by atoms with Gasteiger partial charge in [-0.3, -0.25) is 14.8 Å². The highest BCUT2D eigenvalue weighted by Crippen LogP contribution is 2.41. The topological polar surface area (TPSA) is 138 Å². The predicted octanol–water partition coefficient (Wildman–Crippen LogP) is 2.02. The van der Waals surface area contributed by atoms with Crippen LogP contribution in [0.2, 0.25) is 5.02 Å². The van der Waals surface area contributed by atoms with E-state index in [1.165, 1.54) is 0 Å². The zero-order chi connectivity index (χ0) is 23.9. The van der Waals surface area contributed by atoms with Crippen LogP contribution < -0.4 is 21.3 Å². The third-order valence-corrected chi connectivity index (χ3v) is 6.83. The van der Waals surface area contributed by atoms with Crippen molar-refractivity contribution in [2.24, 2.45) is 0 Å². The number of nitrogens with zero attached hydrogens (tertiary/aromatic N) is 4. The number of amides is 3. The minimum absolute atomic E-state index is 0.0302. The van der Waals surface area contributed by atoms with E-state index in [1.54, 1.807) is 17.1 Å². The van der Waals surface area contributed by atoms with Crippen LogP contribution >= 0.6 is 11.6 Å². The Morgan fingerprint density at radius 1 is 1.09 bits per heavy atom. The molecular weight excluding hydrogens is 458 g/mol. The fraction of sp³-hybridized carbons (Fsp3) is 0.304. The van der Waals surface area contributed by atoms with Gasteiger partial charge in [-0.15, -0.1) is 0 Å². The number of piperidine rings is 1. The molecule has 5 N–H and O–H groups in total. The molecule has 2 aliphatic rings. The number of aromatic nitrogens is 3. The number of hydrogen-bond donors (Lipinski definition) is 4. The summed E-state index contributed by atoms with van der Waals surface area (Å²) in [6.45, 7) is 1.51. The highest BCUT2D eigenvalue weighted by molar-refractivity contribution is 6.36. The second-order valence-electron chi connectivity index (χ2n) is 8.49. The summed E-state index contributed by atoms with van der Waals surface area (Å²) in [6.07, 6.45) is 6.27. The summed E-state index contributed by atoms with van der Waals surface area (Å²) in [5.74, 6) is -0.0452. The lowest BCUT2D eigenvalue weighted by molar-refractivity contribution is -0.124. The van der Waals surface area contributed by atoms with Crippen molar-refractivity contribution in [3.05, 3.63) is 47.9 Å². The first-order chi connectivity index (χ1) is 16.4. The number of carbonyl (C=O) groups is 2. The molecule has 176 valence electrons. The molecule has 3 aromatic rings. The molecule has 2 aromatic heterocycles. The lowest BCUT2D eigenvalue weighted by atomic mass is 9.87.